The van der Waals surface area contributed by atoms with Gasteiger partial charge in [0.05, 0.1) is 27.2 Å². The number of hydrogen-bond acceptors (Lipinski definition) is 1. The predicted octanol–water partition coefficient (Wildman–Crippen LogP) is 2.85. The Morgan fingerprint density at radius 1 is 0.778 bits per heavy atom. The minimum Gasteiger partial charge on any atom is -1.00 e. The van der Waals surface area contributed by atoms with Crippen LogP contribution >= 0.6 is 0 Å². The van der Waals surface area contributed by atoms with Crippen LogP contribution in [0.15, 0.2) is 12.2 Å². The Bertz CT molecular complexity index is 369. The molecule has 0 spiro atoms. The summed E-state index contributed by atoms with van der Waals surface area (Å²) in [5, 5.41) is 2.92. The van der Waals surface area contributed by atoms with E-state index in [0.29, 0.717) is 5.57 Å². The number of quaternary nitrogens is 1. The summed E-state index contributed by atoms with van der Waals surface area (Å²) in [5.74, 6) is -0.0173. The van der Waals surface area contributed by atoms with Gasteiger partial charge in [0.25, 0.3) is 0 Å². The number of hydrogen-bond donors (Lipinski definition) is 1. The average Bonchev–Trinajstić information content (AvgIpc) is 2.59. The smallest absolute Gasteiger partial charge is 0.246 e. The largest absolute Gasteiger partial charge is 1.00 e. The number of carbonyl (C=O) groups excluding carboxylic acids is 1. The molecule has 0 aliphatic heterocycles. The van der Waals surface area contributed by atoms with E-state index in [9.17, 15) is 4.79 Å². The van der Waals surface area contributed by atoms with E-state index in [-0.39, 0.29) is 18.3 Å². The molecule has 1 amide bonds. The molecule has 3 nitrogen and oxygen atoms in total. The van der Waals surface area contributed by atoms with Crippen molar-refractivity contribution in [1.82, 2.24) is 5.32 Å². The van der Waals surface area contributed by atoms with Gasteiger partial charge in [0.1, 0.15) is 0 Å². The fourth-order valence-corrected chi connectivity index (χ4v) is 3.35. The van der Waals surface area contributed by atoms with Gasteiger partial charge >= 0.3 is 0 Å². The molecule has 0 aromatic rings. The van der Waals surface area contributed by atoms with Crippen LogP contribution in [-0.2, 0) is 4.79 Å². The average molecular weight is 403 g/mol. The van der Waals surface area contributed by atoms with Gasteiger partial charge < -0.3 is 22.2 Å². The second kappa shape index (κ2) is 18.8. The zero-order chi connectivity index (χ0) is 19.7. The van der Waals surface area contributed by atoms with Crippen molar-refractivity contribution in [2.24, 2.45) is 0 Å². The van der Waals surface area contributed by atoms with Crippen LogP contribution in [0.25, 0.3) is 0 Å². The molecule has 0 saturated carbocycles. The molecule has 0 unspecified atom stereocenters. The molecule has 0 fully saturated rings. The first-order chi connectivity index (χ1) is 12.4. The predicted molar refractivity (Wildman–Crippen MR) is 115 cm³/mol. The quantitative estimate of drug-likeness (QED) is 0.213. The third-order valence-corrected chi connectivity index (χ3v) is 5.23. The first-order valence-corrected chi connectivity index (χ1v) is 11.1. The molecule has 0 heterocycles. The molecule has 0 radical (unpaired) electrons. The normalized spacial score (nSPS) is 11.1. The van der Waals surface area contributed by atoms with E-state index in [1.165, 1.54) is 83.6 Å². The maximum atomic E-state index is 11.4. The van der Waals surface area contributed by atoms with Crippen LogP contribution < -0.4 is 17.7 Å². The summed E-state index contributed by atoms with van der Waals surface area (Å²) in [6, 6.07) is 0. The number of amides is 1. The van der Waals surface area contributed by atoms with Gasteiger partial charge in [-0.1, -0.05) is 77.7 Å². The van der Waals surface area contributed by atoms with E-state index in [1.54, 1.807) is 6.92 Å². The van der Waals surface area contributed by atoms with Crippen LogP contribution in [0.1, 0.15) is 97.3 Å². The first kappa shape index (κ1) is 28.7. The Morgan fingerprint density at radius 3 is 1.63 bits per heavy atom. The fraction of sp³-hybridized carbons (Fsp3) is 0.870. The molecular weight excluding hydrogens is 356 g/mol. The Balaban J connectivity index is 0. The lowest BCUT2D eigenvalue weighted by Gasteiger charge is -2.30. The lowest BCUT2D eigenvalue weighted by molar-refractivity contribution is -0.890. The number of carbonyl (C=O) groups is 1. The van der Waals surface area contributed by atoms with Crippen LogP contribution in [0.5, 0.6) is 0 Å². The lowest BCUT2D eigenvalue weighted by Crippen LogP contribution is -3.00. The standard InChI is InChI=1S/C23H46N2O.ClH/c1-6-7-8-9-10-11-12-13-14-15-16-17-20-25(4,5)21-18-19-24-23(26)22(2)3;/h2,6-21H2,1,3-5H3;1H. The Kier molecular flexibility index (Phi) is 20.0. The second-order valence-corrected chi connectivity index (χ2v) is 8.66. The van der Waals surface area contributed by atoms with Crippen molar-refractivity contribution in [3.63, 3.8) is 0 Å². The number of nitrogens with one attached hydrogen (secondary N) is 1. The molecule has 0 aliphatic rings. The fourth-order valence-electron chi connectivity index (χ4n) is 3.35. The Labute approximate surface area is 176 Å². The Hall–Kier alpha value is -0.540. The van der Waals surface area contributed by atoms with Gasteiger partial charge in [0.2, 0.25) is 5.91 Å². The third kappa shape index (κ3) is 20.0. The molecule has 0 aliphatic carbocycles. The lowest BCUT2D eigenvalue weighted by atomic mass is 10.1. The zero-order valence-corrected chi connectivity index (χ0v) is 19.5. The van der Waals surface area contributed by atoms with E-state index < -0.39 is 0 Å². The van der Waals surface area contributed by atoms with Crippen molar-refractivity contribution < 1.29 is 21.7 Å². The summed E-state index contributed by atoms with van der Waals surface area (Å²) in [6.45, 7) is 10.8. The molecule has 0 atom stereocenters. The van der Waals surface area contributed by atoms with Crippen molar-refractivity contribution >= 4 is 5.91 Å². The summed E-state index contributed by atoms with van der Waals surface area (Å²) >= 11 is 0. The van der Waals surface area contributed by atoms with Crippen LogP contribution in [0.2, 0.25) is 0 Å². The van der Waals surface area contributed by atoms with Gasteiger partial charge in [0, 0.05) is 18.5 Å². The minimum absolute atomic E-state index is 0. The van der Waals surface area contributed by atoms with E-state index in [2.05, 4.69) is 32.9 Å². The minimum atomic E-state index is -0.0173. The van der Waals surface area contributed by atoms with Gasteiger partial charge in [0.15, 0.2) is 0 Å². The summed E-state index contributed by atoms with van der Waals surface area (Å²) in [7, 11) is 4.61. The van der Waals surface area contributed by atoms with Crippen molar-refractivity contribution in [2.45, 2.75) is 97.3 Å². The highest BCUT2D eigenvalue weighted by Gasteiger charge is 2.14. The molecule has 27 heavy (non-hydrogen) atoms. The van der Waals surface area contributed by atoms with Crippen LogP contribution in [0.4, 0.5) is 0 Å². The van der Waals surface area contributed by atoms with E-state index in [0.717, 1.165) is 24.0 Å². The molecule has 1 N–H and O–H groups in total. The van der Waals surface area contributed by atoms with Gasteiger partial charge in [-0.2, -0.15) is 0 Å². The maximum absolute atomic E-state index is 11.4. The molecule has 0 bridgehead atoms. The summed E-state index contributed by atoms with van der Waals surface area (Å²) in [6.07, 6.45) is 17.9. The highest BCUT2D eigenvalue weighted by molar-refractivity contribution is 5.91. The van der Waals surface area contributed by atoms with E-state index in [4.69, 9.17) is 0 Å². The van der Waals surface area contributed by atoms with Crippen molar-refractivity contribution in [1.29, 1.82) is 0 Å². The molecule has 0 saturated heterocycles. The number of unbranched alkanes of at least 4 members (excludes halogenated alkanes) is 11. The first-order valence-electron chi connectivity index (χ1n) is 11.1. The van der Waals surface area contributed by atoms with Gasteiger partial charge in [-0.05, 0) is 19.8 Å². The molecule has 4 heteroatoms. The van der Waals surface area contributed by atoms with Crippen molar-refractivity contribution in [3.05, 3.63) is 12.2 Å². The number of nitrogens with zero attached hydrogens (tertiary/aromatic N) is 1. The SMILES string of the molecule is C=C(C)C(=O)NCCC[N+](C)(C)CCCCCCCCCCCCCC.[Cl-]. The van der Waals surface area contributed by atoms with Crippen LogP contribution in [-0.4, -0.2) is 44.1 Å². The summed E-state index contributed by atoms with van der Waals surface area (Å²) in [5.41, 5.74) is 0.593. The summed E-state index contributed by atoms with van der Waals surface area (Å²) < 4.78 is 1.06. The van der Waals surface area contributed by atoms with E-state index >= 15 is 0 Å². The number of rotatable bonds is 18. The van der Waals surface area contributed by atoms with Gasteiger partial charge in [-0.3, -0.25) is 4.79 Å². The van der Waals surface area contributed by atoms with Crippen molar-refractivity contribution in [3.8, 4) is 0 Å². The van der Waals surface area contributed by atoms with Crippen molar-refractivity contribution in [2.75, 3.05) is 33.7 Å². The third-order valence-electron chi connectivity index (χ3n) is 5.23. The molecule has 0 rings (SSSR count). The topological polar surface area (TPSA) is 29.1 Å². The van der Waals surface area contributed by atoms with Crippen LogP contribution in [0, 0.1) is 0 Å². The molecule has 162 valence electrons. The zero-order valence-electron chi connectivity index (χ0n) is 18.8. The molecule has 0 aromatic carbocycles. The van der Waals surface area contributed by atoms with Crippen LogP contribution in [0.3, 0.4) is 0 Å². The highest BCUT2D eigenvalue weighted by Crippen LogP contribution is 2.12. The van der Waals surface area contributed by atoms with Gasteiger partial charge in [-0.25, -0.2) is 0 Å². The monoisotopic (exact) mass is 402 g/mol. The number of halogens is 1. The molecule has 0 aromatic heterocycles. The van der Waals surface area contributed by atoms with E-state index in [1.807, 2.05) is 0 Å². The maximum Gasteiger partial charge on any atom is 0.246 e. The summed E-state index contributed by atoms with van der Waals surface area (Å²) in [4.78, 5) is 11.4. The van der Waals surface area contributed by atoms with Gasteiger partial charge in [-0.15, -0.1) is 0 Å². The molecular formula is C23H47ClN2O. The second-order valence-electron chi connectivity index (χ2n) is 8.66. The highest BCUT2D eigenvalue weighted by atomic mass is 35.5. The Morgan fingerprint density at radius 2 is 1.19 bits per heavy atom.